The van der Waals surface area contributed by atoms with Crippen molar-refractivity contribution in [2.24, 2.45) is 0 Å². The fourth-order valence-electron chi connectivity index (χ4n) is 1.77. The number of anilines is 1. The summed E-state index contributed by atoms with van der Waals surface area (Å²) in [6.45, 7) is 1.58. The Hall–Kier alpha value is -1.44. The standard InChI is InChI=1S/C12H13BrN2O4/c13-8-3-1-2-7(12(17)18)10(8)15-11(16)9-6-14-4-5-19-9/h1-3,9,14H,4-6H2,(H,15,16)(H,17,18). The molecule has 1 saturated heterocycles. The highest BCUT2D eigenvalue weighted by Crippen LogP contribution is 2.26. The van der Waals surface area contributed by atoms with Crippen LogP contribution in [0.25, 0.3) is 0 Å². The van der Waals surface area contributed by atoms with Crippen LogP contribution in [0.2, 0.25) is 0 Å². The summed E-state index contributed by atoms with van der Waals surface area (Å²) in [6, 6.07) is 4.70. The first kappa shape index (κ1) is 14.0. The summed E-state index contributed by atoms with van der Waals surface area (Å²) in [6.07, 6.45) is -0.609. The molecule has 1 aliphatic rings. The maximum absolute atomic E-state index is 12.0. The number of carboxylic acid groups (broad SMARTS) is 1. The summed E-state index contributed by atoms with van der Waals surface area (Å²) >= 11 is 3.23. The zero-order chi connectivity index (χ0) is 13.8. The van der Waals surface area contributed by atoms with Crippen LogP contribution in [0.3, 0.4) is 0 Å². The predicted molar refractivity (Wildman–Crippen MR) is 72.3 cm³/mol. The van der Waals surface area contributed by atoms with Gasteiger partial charge in [-0.05, 0) is 28.1 Å². The van der Waals surface area contributed by atoms with Crippen LogP contribution in [0, 0.1) is 0 Å². The van der Waals surface area contributed by atoms with E-state index in [4.69, 9.17) is 9.84 Å². The van der Waals surface area contributed by atoms with E-state index < -0.39 is 12.1 Å². The second kappa shape index (κ2) is 6.14. The average molecular weight is 329 g/mol. The van der Waals surface area contributed by atoms with Crippen molar-refractivity contribution in [3.8, 4) is 0 Å². The molecule has 6 nitrogen and oxygen atoms in total. The van der Waals surface area contributed by atoms with Gasteiger partial charge in [0.05, 0.1) is 17.9 Å². The molecule has 1 heterocycles. The van der Waals surface area contributed by atoms with E-state index >= 15 is 0 Å². The lowest BCUT2D eigenvalue weighted by atomic mass is 10.1. The minimum absolute atomic E-state index is 0.0338. The molecule has 0 aliphatic carbocycles. The minimum Gasteiger partial charge on any atom is -0.478 e. The number of ether oxygens (including phenoxy) is 1. The zero-order valence-electron chi connectivity index (χ0n) is 9.98. The highest BCUT2D eigenvalue weighted by Gasteiger charge is 2.24. The van der Waals surface area contributed by atoms with Gasteiger partial charge in [0, 0.05) is 17.6 Å². The Kier molecular flexibility index (Phi) is 4.52. The molecule has 7 heteroatoms. The normalized spacial score (nSPS) is 18.9. The molecule has 1 aromatic carbocycles. The molecule has 1 aliphatic heterocycles. The molecule has 2 rings (SSSR count). The first-order valence-corrected chi connectivity index (χ1v) is 6.54. The third-order valence-electron chi connectivity index (χ3n) is 2.71. The van der Waals surface area contributed by atoms with Gasteiger partial charge in [-0.25, -0.2) is 4.79 Å². The Bertz CT molecular complexity index is 501. The van der Waals surface area contributed by atoms with Gasteiger partial charge in [-0.3, -0.25) is 4.79 Å². The van der Waals surface area contributed by atoms with Crippen molar-refractivity contribution in [3.63, 3.8) is 0 Å². The number of para-hydroxylation sites is 1. The van der Waals surface area contributed by atoms with Crippen LogP contribution in [0.5, 0.6) is 0 Å². The molecular formula is C12H13BrN2O4. The van der Waals surface area contributed by atoms with Crippen LogP contribution in [-0.2, 0) is 9.53 Å². The smallest absolute Gasteiger partial charge is 0.337 e. The number of hydrogen-bond acceptors (Lipinski definition) is 4. The second-order valence-corrected chi connectivity index (χ2v) is 4.87. The molecule has 1 atom stereocenters. The van der Waals surface area contributed by atoms with Gasteiger partial charge in [0.25, 0.3) is 5.91 Å². The summed E-state index contributed by atoms with van der Waals surface area (Å²) in [5, 5.41) is 14.7. The number of nitrogens with one attached hydrogen (secondary N) is 2. The van der Waals surface area contributed by atoms with Crippen LogP contribution in [0.1, 0.15) is 10.4 Å². The summed E-state index contributed by atoms with van der Waals surface area (Å²) in [7, 11) is 0. The summed E-state index contributed by atoms with van der Waals surface area (Å²) in [4.78, 5) is 23.1. The number of amides is 1. The highest BCUT2D eigenvalue weighted by atomic mass is 79.9. The fourth-order valence-corrected chi connectivity index (χ4v) is 2.23. The molecule has 102 valence electrons. The van der Waals surface area contributed by atoms with Crippen LogP contribution in [0.4, 0.5) is 5.69 Å². The minimum atomic E-state index is -1.10. The van der Waals surface area contributed by atoms with E-state index in [2.05, 4.69) is 26.6 Å². The third-order valence-corrected chi connectivity index (χ3v) is 3.37. The fraction of sp³-hybridized carbons (Fsp3) is 0.333. The predicted octanol–water partition coefficient (Wildman–Crippen LogP) is 1.07. The molecular weight excluding hydrogens is 316 g/mol. The summed E-state index contributed by atoms with van der Waals surface area (Å²) in [5.74, 6) is -1.46. The van der Waals surface area contributed by atoms with Gasteiger partial charge in [0.15, 0.2) is 0 Å². The Balaban J connectivity index is 2.18. The molecule has 1 unspecified atom stereocenters. The van der Waals surface area contributed by atoms with Crippen molar-refractivity contribution in [2.75, 3.05) is 25.0 Å². The van der Waals surface area contributed by atoms with Gasteiger partial charge < -0.3 is 20.5 Å². The van der Waals surface area contributed by atoms with Crippen molar-refractivity contribution in [2.45, 2.75) is 6.10 Å². The van der Waals surface area contributed by atoms with Gasteiger partial charge >= 0.3 is 5.97 Å². The van der Waals surface area contributed by atoms with Gasteiger partial charge in [-0.1, -0.05) is 6.07 Å². The Morgan fingerprint density at radius 3 is 2.89 bits per heavy atom. The van der Waals surface area contributed by atoms with Crippen molar-refractivity contribution < 1.29 is 19.4 Å². The first-order valence-electron chi connectivity index (χ1n) is 5.74. The van der Waals surface area contributed by atoms with Crippen LogP contribution in [-0.4, -0.2) is 42.8 Å². The van der Waals surface area contributed by atoms with Gasteiger partial charge in [0.2, 0.25) is 0 Å². The largest absolute Gasteiger partial charge is 0.478 e. The Morgan fingerprint density at radius 1 is 1.47 bits per heavy atom. The van der Waals surface area contributed by atoms with Crippen LogP contribution >= 0.6 is 15.9 Å². The van der Waals surface area contributed by atoms with E-state index in [1.807, 2.05) is 0 Å². The third kappa shape index (κ3) is 3.31. The van der Waals surface area contributed by atoms with Crippen molar-refractivity contribution >= 4 is 33.5 Å². The molecule has 1 amide bonds. The maximum Gasteiger partial charge on any atom is 0.337 e. The Morgan fingerprint density at radius 2 is 2.26 bits per heavy atom. The Labute approximate surface area is 118 Å². The molecule has 19 heavy (non-hydrogen) atoms. The molecule has 0 aromatic heterocycles. The number of halogens is 1. The number of carboxylic acids is 1. The number of carbonyl (C=O) groups is 2. The molecule has 0 radical (unpaired) electrons. The van der Waals surface area contributed by atoms with E-state index in [1.165, 1.54) is 6.07 Å². The van der Waals surface area contributed by atoms with E-state index in [-0.39, 0.29) is 17.2 Å². The lowest BCUT2D eigenvalue weighted by Gasteiger charge is -2.23. The molecule has 0 spiro atoms. The topological polar surface area (TPSA) is 87.7 Å². The number of carbonyl (C=O) groups excluding carboxylic acids is 1. The van der Waals surface area contributed by atoms with E-state index in [0.717, 1.165) is 0 Å². The molecule has 3 N–H and O–H groups in total. The number of aromatic carboxylic acids is 1. The number of hydrogen-bond donors (Lipinski definition) is 3. The van der Waals surface area contributed by atoms with Crippen molar-refractivity contribution in [1.82, 2.24) is 5.32 Å². The number of rotatable bonds is 3. The first-order chi connectivity index (χ1) is 9.09. The maximum atomic E-state index is 12.0. The summed E-state index contributed by atoms with van der Waals surface area (Å²) < 4.78 is 5.83. The quantitative estimate of drug-likeness (QED) is 0.772. The SMILES string of the molecule is O=C(O)c1cccc(Br)c1NC(=O)C1CNCCO1. The monoisotopic (exact) mass is 328 g/mol. The lowest BCUT2D eigenvalue weighted by molar-refractivity contribution is -0.128. The number of benzene rings is 1. The van der Waals surface area contributed by atoms with Gasteiger partial charge in [-0.2, -0.15) is 0 Å². The van der Waals surface area contributed by atoms with Crippen molar-refractivity contribution in [3.05, 3.63) is 28.2 Å². The number of morpholine rings is 1. The zero-order valence-corrected chi connectivity index (χ0v) is 11.6. The second-order valence-electron chi connectivity index (χ2n) is 4.02. The van der Waals surface area contributed by atoms with E-state index in [0.29, 0.717) is 24.2 Å². The van der Waals surface area contributed by atoms with E-state index in [9.17, 15) is 9.59 Å². The molecule has 1 fully saturated rings. The average Bonchev–Trinajstić information content (AvgIpc) is 2.41. The highest BCUT2D eigenvalue weighted by molar-refractivity contribution is 9.10. The van der Waals surface area contributed by atoms with Crippen molar-refractivity contribution in [1.29, 1.82) is 0 Å². The molecule has 1 aromatic rings. The van der Waals surface area contributed by atoms with Gasteiger partial charge in [-0.15, -0.1) is 0 Å². The molecule has 0 bridgehead atoms. The van der Waals surface area contributed by atoms with Gasteiger partial charge in [0.1, 0.15) is 6.10 Å². The van der Waals surface area contributed by atoms with Crippen LogP contribution in [0.15, 0.2) is 22.7 Å². The lowest BCUT2D eigenvalue weighted by Crippen LogP contribution is -2.45. The van der Waals surface area contributed by atoms with Crippen LogP contribution < -0.4 is 10.6 Å². The summed E-state index contributed by atoms with van der Waals surface area (Å²) in [5.41, 5.74) is 0.278. The van der Waals surface area contributed by atoms with E-state index in [1.54, 1.807) is 12.1 Å². The molecule has 0 saturated carbocycles.